The fraction of sp³-hybridized carbons (Fsp3) is 0.462. The van der Waals surface area contributed by atoms with E-state index in [0.717, 1.165) is 31.9 Å². The third kappa shape index (κ3) is 3.19. The molecule has 0 saturated heterocycles. The molecule has 0 atom stereocenters. The molecule has 0 fully saturated rings. The lowest BCUT2D eigenvalue weighted by Crippen LogP contribution is -1.99. The molecule has 1 heterocycles. The quantitative estimate of drug-likeness (QED) is 0.646. The molecule has 0 bridgehead atoms. The van der Waals surface area contributed by atoms with Crippen LogP contribution in [0.3, 0.4) is 0 Å². The second kappa shape index (κ2) is 6.25. The molecular formula is C13H16F2N2OS. The molecule has 1 N–H and O–H groups in total. The smallest absolute Gasteiger partial charge is 0.178 e. The van der Waals surface area contributed by atoms with Gasteiger partial charge in [-0.15, -0.1) is 0 Å². The second-order valence-electron chi connectivity index (χ2n) is 4.42. The number of ether oxygens (including phenoxy) is 1. The Kier molecular flexibility index (Phi) is 4.66. The number of aromatic amines is 1. The van der Waals surface area contributed by atoms with Gasteiger partial charge in [0.25, 0.3) is 0 Å². The molecule has 0 aliphatic carbocycles. The number of hydrogen-bond donors (Lipinski definition) is 1. The fourth-order valence-corrected chi connectivity index (χ4v) is 2.39. The molecule has 0 unspecified atom stereocenters. The lowest BCUT2D eigenvalue weighted by Gasteiger charge is -2.04. The largest absolute Gasteiger partial charge is 0.385 e. The summed E-state index contributed by atoms with van der Waals surface area (Å²) >= 11 is 5.15. The highest BCUT2D eigenvalue weighted by Gasteiger charge is 2.10. The Morgan fingerprint density at radius 2 is 2.05 bits per heavy atom. The van der Waals surface area contributed by atoms with Crippen molar-refractivity contribution >= 4 is 23.3 Å². The van der Waals surface area contributed by atoms with E-state index >= 15 is 0 Å². The number of methoxy groups -OCH3 is 1. The third-order valence-corrected chi connectivity index (χ3v) is 3.35. The van der Waals surface area contributed by atoms with Gasteiger partial charge in [-0.2, -0.15) is 0 Å². The van der Waals surface area contributed by atoms with Crippen molar-refractivity contribution in [1.82, 2.24) is 9.55 Å². The van der Waals surface area contributed by atoms with Crippen molar-refractivity contribution < 1.29 is 13.5 Å². The normalized spacial score (nSPS) is 11.3. The molecule has 0 saturated carbocycles. The molecule has 0 radical (unpaired) electrons. The SMILES string of the molecule is COCCCCCn1c(=S)[nH]c2c(F)cc(F)cc21. The van der Waals surface area contributed by atoms with E-state index in [2.05, 4.69) is 4.98 Å². The first-order chi connectivity index (χ1) is 9.13. The van der Waals surface area contributed by atoms with Crippen LogP contribution in [-0.2, 0) is 11.3 Å². The summed E-state index contributed by atoms with van der Waals surface area (Å²) in [6.45, 7) is 1.37. The maximum Gasteiger partial charge on any atom is 0.178 e. The summed E-state index contributed by atoms with van der Waals surface area (Å²) < 4.78 is 34.0. The van der Waals surface area contributed by atoms with Gasteiger partial charge in [-0.1, -0.05) is 0 Å². The third-order valence-electron chi connectivity index (χ3n) is 3.03. The maximum absolute atomic E-state index is 13.6. The highest BCUT2D eigenvalue weighted by atomic mass is 32.1. The molecule has 3 nitrogen and oxygen atoms in total. The van der Waals surface area contributed by atoms with Crippen LogP contribution in [0.25, 0.3) is 11.0 Å². The fourth-order valence-electron chi connectivity index (χ4n) is 2.10. The molecule has 0 spiro atoms. The van der Waals surface area contributed by atoms with Gasteiger partial charge < -0.3 is 14.3 Å². The predicted octanol–water partition coefficient (Wildman–Crippen LogP) is 3.79. The van der Waals surface area contributed by atoms with Gasteiger partial charge in [0.2, 0.25) is 0 Å². The Bertz CT molecular complexity index is 621. The Labute approximate surface area is 115 Å². The highest BCUT2D eigenvalue weighted by Crippen LogP contribution is 2.20. The van der Waals surface area contributed by atoms with Crippen molar-refractivity contribution in [1.29, 1.82) is 0 Å². The van der Waals surface area contributed by atoms with Gasteiger partial charge in [-0.25, -0.2) is 8.78 Å². The number of nitrogens with one attached hydrogen (secondary N) is 1. The summed E-state index contributed by atoms with van der Waals surface area (Å²) in [5.41, 5.74) is 0.748. The number of rotatable bonds is 6. The summed E-state index contributed by atoms with van der Waals surface area (Å²) in [4.78, 5) is 2.79. The Balaban J connectivity index is 2.18. The highest BCUT2D eigenvalue weighted by molar-refractivity contribution is 7.71. The standard InChI is InChI=1S/C13H16F2N2OS/c1-18-6-4-2-3-5-17-11-8-9(14)7-10(15)12(11)16-13(17)19/h7-8H,2-6H2,1H3,(H,16,19). The van der Waals surface area contributed by atoms with E-state index in [1.807, 2.05) is 0 Å². The summed E-state index contributed by atoms with van der Waals surface area (Å²) in [7, 11) is 1.67. The van der Waals surface area contributed by atoms with Gasteiger partial charge in [-0.3, -0.25) is 0 Å². The van der Waals surface area contributed by atoms with Gasteiger partial charge in [0.15, 0.2) is 10.6 Å². The van der Waals surface area contributed by atoms with Crippen LogP contribution in [0.15, 0.2) is 12.1 Å². The zero-order valence-electron chi connectivity index (χ0n) is 10.7. The first kappa shape index (κ1) is 14.1. The van der Waals surface area contributed by atoms with E-state index < -0.39 is 11.6 Å². The van der Waals surface area contributed by atoms with Crippen LogP contribution >= 0.6 is 12.2 Å². The van der Waals surface area contributed by atoms with Crippen LogP contribution < -0.4 is 0 Å². The Morgan fingerprint density at radius 3 is 2.79 bits per heavy atom. The van der Waals surface area contributed by atoms with Crippen LogP contribution in [0.4, 0.5) is 8.78 Å². The molecule has 6 heteroatoms. The van der Waals surface area contributed by atoms with Gasteiger partial charge in [0.1, 0.15) is 11.3 Å². The minimum absolute atomic E-state index is 0.267. The minimum Gasteiger partial charge on any atom is -0.385 e. The molecule has 2 rings (SSSR count). The van der Waals surface area contributed by atoms with Crippen LogP contribution in [-0.4, -0.2) is 23.3 Å². The topological polar surface area (TPSA) is 29.9 Å². The lowest BCUT2D eigenvalue weighted by atomic mass is 10.2. The molecule has 1 aromatic carbocycles. The van der Waals surface area contributed by atoms with Crippen molar-refractivity contribution in [2.24, 2.45) is 0 Å². The van der Waals surface area contributed by atoms with Gasteiger partial charge >= 0.3 is 0 Å². The van der Waals surface area contributed by atoms with E-state index in [4.69, 9.17) is 17.0 Å². The van der Waals surface area contributed by atoms with Gasteiger partial charge in [0.05, 0.1) is 5.52 Å². The number of nitrogens with zero attached hydrogens (tertiary/aromatic N) is 1. The Hall–Kier alpha value is -1.27. The van der Waals surface area contributed by atoms with Crippen LogP contribution in [0.1, 0.15) is 19.3 Å². The van der Waals surface area contributed by atoms with Crippen LogP contribution in [0, 0.1) is 16.4 Å². The van der Waals surface area contributed by atoms with E-state index in [9.17, 15) is 8.78 Å². The number of H-pyrrole nitrogens is 1. The molecule has 2 aromatic rings. The maximum atomic E-state index is 13.6. The van der Waals surface area contributed by atoms with Crippen LogP contribution in [0.5, 0.6) is 0 Å². The minimum atomic E-state index is -0.612. The molecular weight excluding hydrogens is 270 g/mol. The van der Waals surface area contributed by atoms with Crippen molar-refractivity contribution in [2.45, 2.75) is 25.8 Å². The van der Waals surface area contributed by atoms with Gasteiger partial charge in [0, 0.05) is 26.3 Å². The van der Waals surface area contributed by atoms with Crippen molar-refractivity contribution in [3.8, 4) is 0 Å². The van der Waals surface area contributed by atoms with Crippen molar-refractivity contribution in [3.63, 3.8) is 0 Å². The van der Waals surface area contributed by atoms with E-state index in [1.54, 1.807) is 11.7 Å². The van der Waals surface area contributed by atoms with E-state index in [0.29, 0.717) is 16.8 Å². The molecule has 0 amide bonds. The number of imidazole rings is 1. The Morgan fingerprint density at radius 1 is 1.26 bits per heavy atom. The lowest BCUT2D eigenvalue weighted by molar-refractivity contribution is 0.191. The number of hydrogen-bond acceptors (Lipinski definition) is 2. The molecule has 104 valence electrons. The van der Waals surface area contributed by atoms with Crippen molar-refractivity contribution in [3.05, 3.63) is 28.5 Å². The van der Waals surface area contributed by atoms with E-state index in [-0.39, 0.29) is 5.52 Å². The number of unbranched alkanes of at least 4 members (excludes halogenated alkanes) is 2. The second-order valence-corrected chi connectivity index (χ2v) is 4.80. The average Bonchev–Trinajstić information content (AvgIpc) is 2.67. The first-order valence-corrected chi connectivity index (χ1v) is 6.61. The number of aromatic nitrogens is 2. The summed E-state index contributed by atoms with van der Waals surface area (Å²) in [6, 6.07) is 2.16. The number of aryl methyl sites for hydroxylation is 1. The summed E-state index contributed by atoms with van der Waals surface area (Å²) in [6.07, 6.45) is 2.84. The van der Waals surface area contributed by atoms with Gasteiger partial charge in [-0.05, 0) is 37.5 Å². The number of fused-ring (bicyclic) bond motifs is 1. The zero-order chi connectivity index (χ0) is 13.8. The van der Waals surface area contributed by atoms with E-state index in [1.165, 1.54) is 6.07 Å². The van der Waals surface area contributed by atoms with Crippen LogP contribution in [0.2, 0.25) is 0 Å². The number of benzene rings is 1. The first-order valence-electron chi connectivity index (χ1n) is 6.20. The predicted molar refractivity (Wildman–Crippen MR) is 72.8 cm³/mol. The molecule has 1 aromatic heterocycles. The molecule has 0 aliphatic heterocycles. The number of halogens is 2. The molecule has 19 heavy (non-hydrogen) atoms. The molecule has 0 aliphatic rings. The van der Waals surface area contributed by atoms with Crippen molar-refractivity contribution in [2.75, 3.05) is 13.7 Å². The zero-order valence-corrected chi connectivity index (χ0v) is 11.5. The monoisotopic (exact) mass is 286 g/mol. The average molecular weight is 286 g/mol. The summed E-state index contributed by atoms with van der Waals surface area (Å²) in [5.74, 6) is -1.20. The summed E-state index contributed by atoms with van der Waals surface area (Å²) in [5, 5.41) is 0.